The summed E-state index contributed by atoms with van der Waals surface area (Å²) in [5, 5.41) is 19.5. The van der Waals surface area contributed by atoms with Crippen LogP contribution in [0.4, 0.5) is 10.6 Å². The van der Waals surface area contributed by atoms with Gasteiger partial charge in [-0.25, -0.2) is 14.3 Å². The van der Waals surface area contributed by atoms with Crippen molar-refractivity contribution in [3.63, 3.8) is 0 Å². The van der Waals surface area contributed by atoms with Crippen LogP contribution >= 0.6 is 0 Å². The van der Waals surface area contributed by atoms with Crippen LogP contribution in [0.15, 0.2) is 42.6 Å². The molecule has 0 aliphatic heterocycles. The standard InChI is InChI=1S/C21H26N6O3/c1-21(2,3)24-19(28)15-7-5-14(6-8-15)16-13-23-18-10-9-17(25-27(16)18)22-11-12-26(4)20(29)30/h5-10,13H,11-12H2,1-4H3,(H,22,25)(H,24,28)(H,29,30). The highest BCUT2D eigenvalue weighted by molar-refractivity contribution is 5.95. The number of aromatic nitrogens is 3. The summed E-state index contributed by atoms with van der Waals surface area (Å²) in [6, 6.07) is 10.9. The van der Waals surface area contributed by atoms with E-state index >= 15 is 0 Å². The van der Waals surface area contributed by atoms with Gasteiger partial charge in [-0.3, -0.25) is 4.79 Å². The quantitative estimate of drug-likeness (QED) is 0.576. The van der Waals surface area contributed by atoms with Crippen LogP contribution in [0, 0.1) is 0 Å². The molecule has 0 fully saturated rings. The Labute approximate surface area is 174 Å². The van der Waals surface area contributed by atoms with E-state index in [2.05, 4.69) is 20.7 Å². The molecule has 2 heterocycles. The van der Waals surface area contributed by atoms with Crippen molar-refractivity contribution in [1.82, 2.24) is 24.8 Å². The lowest BCUT2D eigenvalue weighted by Crippen LogP contribution is -2.40. The average molecular weight is 410 g/mol. The van der Waals surface area contributed by atoms with Gasteiger partial charge in [0.05, 0.1) is 11.9 Å². The zero-order valence-electron chi connectivity index (χ0n) is 17.5. The average Bonchev–Trinajstić information content (AvgIpc) is 3.10. The van der Waals surface area contributed by atoms with Crippen molar-refractivity contribution in [2.24, 2.45) is 0 Å². The van der Waals surface area contributed by atoms with Gasteiger partial charge >= 0.3 is 6.09 Å². The normalized spacial score (nSPS) is 11.3. The molecule has 0 aliphatic carbocycles. The molecule has 9 heteroatoms. The first-order chi connectivity index (χ1) is 14.1. The third kappa shape index (κ3) is 5.05. The number of likely N-dealkylation sites (N-methyl/N-ethyl adjacent to an activating group) is 1. The first kappa shape index (κ1) is 21.1. The van der Waals surface area contributed by atoms with Crippen molar-refractivity contribution >= 4 is 23.5 Å². The second-order valence-electron chi connectivity index (χ2n) is 8.04. The number of hydrogen-bond acceptors (Lipinski definition) is 5. The highest BCUT2D eigenvalue weighted by atomic mass is 16.4. The predicted molar refractivity (Wildman–Crippen MR) is 115 cm³/mol. The minimum absolute atomic E-state index is 0.122. The summed E-state index contributed by atoms with van der Waals surface area (Å²) in [4.78, 5) is 28.8. The van der Waals surface area contributed by atoms with Crippen LogP contribution in [0.25, 0.3) is 16.9 Å². The first-order valence-corrected chi connectivity index (χ1v) is 9.60. The molecule has 158 valence electrons. The Kier molecular flexibility index (Phi) is 5.91. The van der Waals surface area contributed by atoms with Gasteiger partial charge < -0.3 is 20.6 Å². The fourth-order valence-electron chi connectivity index (χ4n) is 2.82. The van der Waals surface area contributed by atoms with Gasteiger partial charge in [0.25, 0.3) is 5.91 Å². The number of carboxylic acid groups (broad SMARTS) is 1. The van der Waals surface area contributed by atoms with Gasteiger partial charge in [0.1, 0.15) is 5.82 Å². The summed E-state index contributed by atoms with van der Waals surface area (Å²) < 4.78 is 1.72. The Hall–Kier alpha value is -3.62. The van der Waals surface area contributed by atoms with Gasteiger partial charge in [-0.15, -0.1) is 5.10 Å². The van der Waals surface area contributed by atoms with Crippen molar-refractivity contribution in [3.8, 4) is 11.3 Å². The maximum atomic E-state index is 12.3. The highest BCUT2D eigenvalue weighted by Gasteiger charge is 2.16. The Morgan fingerprint density at radius 3 is 2.47 bits per heavy atom. The molecule has 9 nitrogen and oxygen atoms in total. The number of amides is 2. The lowest BCUT2D eigenvalue weighted by molar-refractivity contribution is 0.0919. The van der Waals surface area contributed by atoms with Crippen LogP contribution in [-0.4, -0.2) is 62.3 Å². The van der Waals surface area contributed by atoms with E-state index in [1.807, 2.05) is 39.0 Å². The van der Waals surface area contributed by atoms with Crippen LogP contribution in [0.5, 0.6) is 0 Å². The van der Waals surface area contributed by atoms with Crippen molar-refractivity contribution in [1.29, 1.82) is 0 Å². The topological polar surface area (TPSA) is 112 Å². The minimum Gasteiger partial charge on any atom is -0.465 e. The monoisotopic (exact) mass is 410 g/mol. The lowest BCUT2D eigenvalue weighted by Gasteiger charge is -2.20. The fourth-order valence-corrected chi connectivity index (χ4v) is 2.82. The highest BCUT2D eigenvalue weighted by Crippen LogP contribution is 2.21. The fraction of sp³-hybridized carbons (Fsp3) is 0.333. The molecule has 3 rings (SSSR count). The molecule has 2 aromatic heterocycles. The molecular weight excluding hydrogens is 384 g/mol. The SMILES string of the molecule is CN(CCNc1ccc2ncc(-c3ccc(C(=O)NC(C)(C)C)cc3)n2n1)C(=O)O. The molecule has 0 unspecified atom stereocenters. The van der Waals surface area contributed by atoms with Gasteiger partial charge in [0, 0.05) is 36.8 Å². The largest absolute Gasteiger partial charge is 0.465 e. The maximum absolute atomic E-state index is 12.3. The van der Waals surface area contributed by atoms with E-state index in [1.165, 1.54) is 11.9 Å². The number of nitrogens with one attached hydrogen (secondary N) is 2. The van der Waals surface area contributed by atoms with E-state index in [-0.39, 0.29) is 11.4 Å². The van der Waals surface area contributed by atoms with E-state index in [1.54, 1.807) is 28.9 Å². The van der Waals surface area contributed by atoms with Crippen LogP contribution < -0.4 is 10.6 Å². The number of fused-ring (bicyclic) bond motifs is 1. The molecule has 0 saturated heterocycles. The number of imidazole rings is 1. The Morgan fingerprint density at radius 2 is 1.83 bits per heavy atom. The second-order valence-corrected chi connectivity index (χ2v) is 8.04. The molecule has 1 aromatic carbocycles. The van der Waals surface area contributed by atoms with Crippen molar-refractivity contribution in [3.05, 3.63) is 48.2 Å². The van der Waals surface area contributed by atoms with Crippen LogP contribution in [0.2, 0.25) is 0 Å². The molecule has 30 heavy (non-hydrogen) atoms. The molecule has 0 atom stereocenters. The predicted octanol–water partition coefficient (Wildman–Crippen LogP) is 2.95. The number of carbonyl (C=O) groups excluding carboxylic acids is 1. The van der Waals surface area contributed by atoms with E-state index in [4.69, 9.17) is 5.11 Å². The summed E-state index contributed by atoms with van der Waals surface area (Å²) in [5.74, 6) is 0.491. The van der Waals surface area contributed by atoms with Crippen molar-refractivity contribution in [2.75, 3.05) is 25.5 Å². The van der Waals surface area contributed by atoms with E-state index in [0.717, 1.165) is 11.3 Å². The van der Waals surface area contributed by atoms with E-state index in [0.29, 0.717) is 30.1 Å². The number of hydrogen-bond donors (Lipinski definition) is 3. The third-order valence-corrected chi connectivity index (χ3v) is 4.37. The molecule has 0 bridgehead atoms. The summed E-state index contributed by atoms with van der Waals surface area (Å²) in [6.07, 6.45) is 0.755. The van der Waals surface area contributed by atoms with Crippen LogP contribution in [0.1, 0.15) is 31.1 Å². The molecule has 0 radical (unpaired) electrons. The van der Waals surface area contributed by atoms with Crippen LogP contribution in [-0.2, 0) is 0 Å². The van der Waals surface area contributed by atoms with Crippen molar-refractivity contribution in [2.45, 2.75) is 26.3 Å². The summed E-state index contributed by atoms with van der Waals surface area (Å²) in [6.45, 7) is 6.59. The summed E-state index contributed by atoms with van der Waals surface area (Å²) in [7, 11) is 1.51. The number of nitrogens with zero attached hydrogens (tertiary/aromatic N) is 4. The first-order valence-electron chi connectivity index (χ1n) is 9.60. The summed E-state index contributed by atoms with van der Waals surface area (Å²) >= 11 is 0. The Morgan fingerprint density at radius 1 is 1.13 bits per heavy atom. The molecule has 0 saturated carbocycles. The number of rotatable bonds is 6. The van der Waals surface area contributed by atoms with Gasteiger partial charge in [0.2, 0.25) is 0 Å². The number of anilines is 1. The Bertz CT molecular complexity index is 1050. The van der Waals surface area contributed by atoms with Crippen molar-refractivity contribution < 1.29 is 14.7 Å². The molecule has 0 spiro atoms. The number of benzene rings is 1. The van der Waals surface area contributed by atoms with Gasteiger partial charge in [0.15, 0.2) is 5.65 Å². The van der Waals surface area contributed by atoms with Crippen LogP contribution in [0.3, 0.4) is 0 Å². The van der Waals surface area contributed by atoms with Gasteiger partial charge in [-0.2, -0.15) is 0 Å². The second kappa shape index (κ2) is 8.40. The minimum atomic E-state index is -0.975. The maximum Gasteiger partial charge on any atom is 0.407 e. The van der Waals surface area contributed by atoms with E-state index in [9.17, 15) is 9.59 Å². The molecule has 3 N–H and O–H groups in total. The van der Waals surface area contributed by atoms with E-state index < -0.39 is 6.09 Å². The lowest BCUT2D eigenvalue weighted by atomic mass is 10.1. The Balaban J connectivity index is 1.77. The molecule has 2 amide bonds. The molecule has 0 aliphatic rings. The zero-order valence-corrected chi connectivity index (χ0v) is 17.5. The zero-order chi connectivity index (χ0) is 21.9. The smallest absolute Gasteiger partial charge is 0.407 e. The number of carbonyl (C=O) groups is 2. The third-order valence-electron chi connectivity index (χ3n) is 4.37. The molecular formula is C21H26N6O3. The molecule has 3 aromatic rings. The van der Waals surface area contributed by atoms with Gasteiger partial charge in [-0.05, 0) is 45.0 Å². The summed E-state index contributed by atoms with van der Waals surface area (Å²) in [5.41, 5.74) is 2.64. The van der Waals surface area contributed by atoms with Gasteiger partial charge in [-0.1, -0.05) is 12.1 Å².